The summed E-state index contributed by atoms with van der Waals surface area (Å²) in [6.45, 7) is 4.80. The van der Waals surface area contributed by atoms with Gasteiger partial charge in [0.2, 0.25) is 5.91 Å². The van der Waals surface area contributed by atoms with Crippen molar-refractivity contribution in [1.29, 1.82) is 0 Å². The average molecular weight is 290 g/mol. The van der Waals surface area contributed by atoms with Crippen molar-refractivity contribution in [2.75, 3.05) is 5.75 Å². The smallest absolute Gasteiger partial charge is 0.230 e. The van der Waals surface area contributed by atoms with Crippen LogP contribution in [0.1, 0.15) is 25.5 Å². The van der Waals surface area contributed by atoms with Crippen LogP contribution in [0.2, 0.25) is 0 Å². The summed E-state index contributed by atoms with van der Waals surface area (Å²) in [5.74, 6) is 0.340. The molecule has 0 aliphatic heterocycles. The van der Waals surface area contributed by atoms with E-state index in [1.54, 1.807) is 6.33 Å². The van der Waals surface area contributed by atoms with Crippen LogP contribution in [0.15, 0.2) is 41.8 Å². The molecule has 1 heterocycles. The molecule has 0 saturated carbocycles. The first-order valence-corrected chi connectivity index (χ1v) is 7.54. The van der Waals surface area contributed by atoms with Gasteiger partial charge in [0, 0.05) is 6.54 Å². The fraction of sp³-hybridized carbons (Fsp3) is 0.357. The summed E-state index contributed by atoms with van der Waals surface area (Å²) in [7, 11) is 0. The van der Waals surface area contributed by atoms with E-state index in [1.807, 2.05) is 48.7 Å². The van der Waals surface area contributed by atoms with Gasteiger partial charge in [-0.25, -0.2) is 0 Å². The van der Waals surface area contributed by atoms with E-state index in [-0.39, 0.29) is 11.9 Å². The number of hydrogen-bond donors (Lipinski definition) is 1. The van der Waals surface area contributed by atoms with Crippen LogP contribution in [0, 0.1) is 0 Å². The third kappa shape index (κ3) is 3.84. The molecule has 6 heteroatoms. The summed E-state index contributed by atoms with van der Waals surface area (Å²) in [5, 5.41) is 11.6. The van der Waals surface area contributed by atoms with Crippen LogP contribution in [-0.4, -0.2) is 26.4 Å². The number of rotatable bonds is 6. The van der Waals surface area contributed by atoms with Crippen LogP contribution in [-0.2, 0) is 11.3 Å². The van der Waals surface area contributed by atoms with Crippen molar-refractivity contribution in [1.82, 2.24) is 20.1 Å². The van der Waals surface area contributed by atoms with Crippen molar-refractivity contribution in [3.05, 3.63) is 42.2 Å². The monoisotopic (exact) mass is 290 g/mol. The van der Waals surface area contributed by atoms with E-state index < -0.39 is 0 Å². The Balaban J connectivity index is 1.84. The molecule has 2 aromatic rings. The van der Waals surface area contributed by atoms with Gasteiger partial charge < -0.3 is 9.88 Å². The number of hydrogen-bond acceptors (Lipinski definition) is 4. The van der Waals surface area contributed by atoms with Gasteiger partial charge >= 0.3 is 0 Å². The number of carbonyl (C=O) groups is 1. The summed E-state index contributed by atoms with van der Waals surface area (Å²) < 4.78 is 1.92. The number of aromatic nitrogens is 3. The van der Waals surface area contributed by atoms with E-state index in [0.717, 1.165) is 17.3 Å². The third-order valence-corrected chi connectivity index (χ3v) is 3.91. The number of carbonyl (C=O) groups excluding carboxylic acids is 1. The van der Waals surface area contributed by atoms with Gasteiger partial charge in [-0.1, -0.05) is 42.1 Å². The Kier molecular flexibility index (Phi) is 5.17. The maximum atomic E-state index is 11.9. The Bertz CT molecular complexity index is 555. The molecule has 0 spiro atoms. The molecular formula is C14H18N4OS. The topological polar surface area (TPSA) is 59.8 Å². The maximum absolute atomic E-state index is 11.9. The standard InChI is InChI=1S/C14H18N4OS/c1-3-18-10-15-17-14(18)20-9-13(19)16-11(2)12-7-5-4-6-8-12/h4-8,10-11H,3,9H2,1-2H3,(H,16,19). The highest BCUT2D eigenvalue weighted by Gasteiger charge is 2.11. The van der Waals surface area contributed by atoms with Crippen LogP contribution in [0.4, 0.5) is 0 Å². The first-order valence-electron chi connectivity index (χ1n) is 6.55. The van der Waals surface area contributed by atoms with Crippen molar-refractivity contribution in [3.63, 3.8) is 0 Å². The molecule has 1 N–H and O–H groups in total. The molecule has 1 amide bonds. The highest BCUT2D eigenvalue weighted by atomic mass is 32.2. The predicted octanol–water partition coefficient (Wildman–Crippen LogP) is 2.27. The largest absolute Gasteiger partial charge is 0.349 e. The van der Waals surface area contributed by atoms with Gasteiger partial charge in [-0.05, 0) is 19.4 Å². The van der Waals surface area contributed by atoms with Crippen LogP contribution < -0.4 is 5.32 Å². The van der Waals surface area contributed by atoms with Crippen LogP contribution >= 0.6 is 11.8 Å². The van der Waals surface area contributed by atoms with Crippen molar-refractivity contribution >= 4 is 17.7 Å². The van der Waals surface area contributed by atoms with E-state index in [9.17, 15) is 4.79 Å². The lowest BCUT2D eigenvalue weighted by molar-refractivity contribution is -0.119. The molecule has 0 saturated heterocycles. The molecule has 0 radical (unpaired) electrons. The van der Waals surface area contributed by atoms with E-state index in [4.69, 9.17) is 0 Å². The van der Waals surface area contributed by atoms with Gasteiger partial charge in [0.1, 0.15) is 6.33 Å². The van der Waals surface area contributed by atoms with E-state index in [2.05, 4.69) is 15.5 Å². The van der Waals surface area contributed by atoms with Crippen molar-refractivity contribution < 1.29 is 4.79 Å². The zero-order chi connectivity index (χ0) is 14.4. The summed E-state index contributed by atoms with van der Waals surface area (Å²) in [6.07, 6.45) is 1.67. The molecular weight excluding hydrogens is 272 g/mol. The van der Waals surface area contributed by atoms with E-state index in [1.165, 1.54) is 11.8 Å². The predicted molar refractivity (Wildman–Crippen MR) is 79.4 cm³/mol. The number of nitrogens with zero attached hydrogens (tertiary/aromatic N) is 3. The Morgan fingerprint density at radius 1 is 1.40 bits per heavy atom. The quantitative estimate of drug-likeness (QED) is 0.829. The summed E-state index contributed by atoms with van der Waals surface area (Å²) in [5.41, 5.74) is 1.10. The molecule has 0 aliphatic rings. The van der Waals surface area contributed by atoms with Crippen molar-refractivity contribution in [2.24, 2.45) is 0 Å². The lowest BCUT2D eigenvalue weighted by atomic mass is 10.1. The highest BCUT2D eigenvalue weighted by Crippen LogP contribution is 2.15. The third-order valence-electron chi connectivity index (χ3n) is 2.93. The van der Waals surface area contributed by atoms with Crippen molar-refractivity contribution in [3.8, 4) is 0 Å². The number of nitrogens with one attached hydrogen (secondary N) is 1. The minimum atomic E-state index is -0.00277. The Hall–Kier alpha value is -1.82. The minimum absolute atomic E-state index is 0.00277. The molecule has 1 atom stereocenters. The van der Waals surface area contributed by atoms with Gasteiger partial charge in [-0.2, -0.15) is 0 Å². The van der Waals surface area contributed by atoms with Gasteiger partial charge in [-0.3, -0.25) is 4.79 Å². The second kappa shape index (κ2) is 7.09. The summed E-state index contributed by atoms with van der Waals surface area (Å²) in [6, 6.07) is 9.92. The summed E-state index contributed by atoms with van der Waals surface area (Å²) >= 11 is 1.40. The van der Waals surface area contributed by atoms with Crippen LogP contribution in [0.5, 0.6) is 0 Å². The second-order valence-electron chi connectivity index (χ2n) is 4.39. The molecule has 106 valence electrons. The number of aryl methyl sites for hydroxylation is 1. The fourth-order valence-corrected chi connectivity index (χ4v) is 2.60. The molecule has 0 fully saturated rings. The van der Waals surface area contributed by atoms with E-state index >= 15 is 0 Å². The van der Waals surface area contributed by atoms with Gasteiger partial charge in [0.05, 0.1) is 11.8 Å². The van der Waals surface area contributed by atoms with Gasteiger partial charge in [-0.15, -0.1) is 10.2 Å². The zero-order valence-corrected chi connectivity index (χ0v) is 12.4. The Morgan fingerprint density at radius 2 is 2.15 bits per heavy atom. The molecule has 2 rings (SSSR count). The number of thioether (sulfide) groups is 1. The molecule has 5 nitrogen and oxygen atoms in total. The lowest BCUT2D eigenvalue weighted by Crippen LogP contribution is -2.28. The SMILES string of the molecule is CCn1cnnc1SCC(=O)NC(C)c1ccccc1. The maximum Gasteiger partial charge on any atom is 0.230 e. The highest BCUT2D eigenvalue weighted by molar-refractivity contribution is 7.99. The van der Waals surface area contributed by atoms with E-state index in [0.29, 0.717) is 5.75 Å². The second-order valence-corrected chi connectivity index (χ2v) is 5.33. The molecule has 1 aromatic heterocycles. The van der Waals surface area contributed by atoms with Gasteiger partial charge in [0.25, 0.3) is 0 Å². The Morgan fingerprint density at radius 3 is 2.85 bits per heavy atom. The first kappa shape index (κ1) is 14.6. The average Bonchev–Trinajstić information content (AvgIpc) is 2.93. The molecule has 0 aliphatic carbocycles. The Labute approximate surface area is 122 Å². The zero-order valence-electron chi connectivity index (χ0n) is 11.6. The minimum Gasteiger partial charge on any atom is -0.349 e. The molecule has 20 heavy (non-hydrogen) atoms. The number of benzene rings is 1. The molecule has 1 unspecified atom stereocenters. The normalized spacial score (nSPS) is 12.1. The van der Waals surface area contributed by atoms with Crippen LogP contribution in [0.25, 0.3) is 0 Å². The summed E-state index contributed by atoms with van der Waals surface area (Å²) in [4.78, 5) is 11.9. The fourth-order valence-electron chi connectivity index (χ4n) is 1.81. The number of amides is 1. The van der Waals surface area contributed by atoms with Gasteiger partial charge in [0.15, 0.2) is 5.16 Å². The molecule has 0 bridgehead atoms. The lowest BCUT2D eigenvalue weighted by Gasteiger charge is -2.13. The van der Waals surface area contributed by atoms with Crippen LogP contribution in [0.3, 0.4) is 0 Å². The van der Waals surface area contributed by atoms with Crippen molar-refractivity contribution in [2.45, 2.75) is 31.6 Å². The molecule has 1 aromatic carbocycles. The first-order chi connectivity index (χ1) is 9.70.